The van der Waals surface area contributed by atoms with Gasteiger partial charge in [-0.3, -0.25) is 0 Å². The van der Waals surface area contributed by atoms with Gasteiger partial charge >= 0.3 is 5.97 Å². The number of aromatic carboxylic acids is 1. The molecule has 0 bridgehead atoms. The molecule has 0 unspecified atom stereocenters. The highest BCUT2D eigenvalue weighted by atomic mass is 19.1. The van der Waals surface area contributed by atoms with E-state index in [9.17, 15) is 9.18 Å². The van der Waals surface area contributed by atoms with Crippen molar-refractivity contribution in [2.45, 2.75) is 6.92 Å². The molecular formula is C14H10FN3O2. The minimum atomic E-state index is -1.37. The summed E-state index contributed by atoms with van der Waals surface area (Å²) in [7, 11) is 0. The molecule has 1 aromatic heterocycles. The fraction of sp³-hybridized carbons (Fsp3) is 0.0714. The van der Waals surface area contributed by atoms with Gasteiger partial charge in [0.1, 0.15) is 5.56 Å². The highest BCUT2D eigenvalue weighted by molar-refractivity contribution is 5.89. The predicted octanol–water partition coefficient (Wildman–Crippen LogP) is 2.84. The Morgan fingerprint density at radius 3 is 2.85 bits per heavy atom. The maximum absolute atomic E-state index is 14.0. The number of carboxylic acids is 1. The zero-order valence-corrected chi connectivity index (χ0v) is 10.5. The van der Waals surface area contributed by atoms with Crippen LogP contribution in [0.3, 0.4) is 0 Å². The number of nitrogens with one attached hydrogen (secondary N) is 1. The second-order valence-corrected chi connectivity index (χ2v) is 4.09. The Morgan fingerprint density at radius 2 is 2.20 bits per heavy atom. The van der Waals surface area contributed by atoms with Crippen molar-refractivity contribution in [1.29, 1.82) is 5.26 Å². The van der Waals surface area contributed by atoms with E-state index in [1.165, 1.54) is 6.20 Å². The van der Waals surface area contributed by atoms with Crippen molar-refractivity contribution in [3.05, 3.63) is 53.0 Å². The summed E-state index contributed by atoms with van der Waals surface area (Å²) in [6.45, 7) is 1.78. The number of aromatic nitrogens is 1. The number of carbonyl (C=O) groups is 1. The molecule has 2 N–H and O–H groups in total. The Morgan fingerprint density at radius 1 is 1.45 bits per heavy atom. The molecule has 0 saturated heterocycles. The van der Waals surface area contributed by atoms with Crippen molar-refractivity contribution in [2.75, 3.05) is 5.32 Å². The van der Waals surface area contributed by atoms with E-state index >= 15 is 0 Å². The minimum absolute atomic E-state index is 0.192. The van der Waals surface area contributed by atoms with Crippen LogP contribution >= 0.6 is 0 Å². The Bertz CT molecular complexity index is 723. The topological polar surface area (TPSA) is 86.0 Å². The van der Waals surface area contributed by atoms with Crippen LogP contribution in [-0.2, 0) is 0 Å². The summed E-state index contributed by atoms with van der Waals surface area (Å²) < 4.78 is 14.0. The quantitative estimate of drug-likeness (QED) is 0.896. The lowest BCUT2D eigenvalue weighted by Crippen LogP contribution is -2.06. The van der Waals surface area contributed by atoms with E-state index in [0.717, 1.165) is 11.6 Å². The van der Waals surface area contributed by atoms with E-state index in [1.54, 1.807) is 25.1 Å². The number of anilines is 2. The van der Waals surface area contributed by atoms with Gasteiger partial charge in [-0.1, -0.05) is 6.07 Å². The van der Waals surface area contributed by atoms with Gasteiger partial charge < -0.3 is 10.4 Å². The number of hydrogen-bond donors (Lipinski definition) is 2. The van der Waals surface area contributed by atoms with Crippen molar-refractivity contribution in [2.24, 2.45) is 0 Å². The third-order valence-electron chi connectivity index (χ3n) is 2.74. The Kier molecular flexibility index (Phi) is 3.62. The van der Waals surface area contributed by atoms with Gasteiger partial charge in [0.2, 0.25) is 0 Å². The van der Waals surface area contributed by atoms with Crippen molar-refractivity contribution in [3.8, 4) is 6.07 Å². The summed E-state index contributed by atoms with van der Waals surface area (Å²) in [5, 5.41) is 20.4. The van der Waals surface area contributed by atoms with Crippen LogP contribution in [0.2, 0.25) is 0 Å². The van der Waals surface area contributed by atoms with Gasteiger partial charge in [-0.15, -0.1) is 0 Å². The molecule has 0 amide bonds. The first-order valence-electron chi connectivity index (χ1n) is 5.68. The molecule has 0 aliphatic carbocycles. The molecule has 0 saturated carbocycles. The summed E-state index contributed by atoms with van der Waals surface area (Å²) in [4.78, 5) is 14.6. The fourth-order valence-corrected chi connectivity index (χ4v) is 1.65. The maximum Gasteiger partial charge on any atom is 0.338 e. The number of benzene rings is 1. The van der Waals surface area contributed by atoms with Gasteiger partial charge in [0.15, 0.2) is 11.6 Å². The van der Waals surface area contributed by atoms with Crippen LogP contribution < -0.4 is 5.32 Å². The molecule has 20 heavy (non-hydrogen) atoms. The van der Waals surface area contributed by atoms with Crippen LogP contribution in [0, 0.1) is 24.1 Å². The molecule has 0 radical (unpaired) electrons. The number of rotatable bonds is 3. The monoisotopic (exact) mass is 271 g/mol. The summed E-state index contributed by atoms with van der Waals surface area (Å²) >= 11 is 0. The second-order valence-electron chi connectivity index (χ2n) is 4.09. The van der Waals surface area contributed by atoms with Crippen molar-refractivity contribution < 1.29 is 14.3 Å². The first-order chi connectivity index (χ1) is 9.52. The standard InChI is InChI=1S/C14H10FN3O2/c1-8-2-3-9(7-16)6-11(8)18-13-12(15)10(14(19)20)4-5-17-13/h2-6H,1H3,(H,17,18)(H,19,20). The summed E-state index contributed by atoms with van der Waals surface area (Å²) in [6.07, 6.45) is 1.21. The largest absolute Gasteiger partial charge is 0.478 e. The highest BCUT2D eigenvalue weighted by Crippen LogP contribution is 2.23. The van der Waals surface area contributed by atoms with Crippen LogP contribution in [0.5, 0.6) is 0 Å². The first kappa shape index (κ1) is 13.5. The molecule has 0 aliphatic rings. The highest BCUT2D eigenvalue weighted by Gasteiger charge is 2.15. The van der Waals surface area contributed by atoms with Crippen LogP contribution in [0.4, 0.5) is 15.9 Å². The van der Waals surface area contributed by atoms with E-state index in [-0.39, 0.29) is 5.82 Å². The lowest BCUT2D eigenvalue weighted by molar-refractivity contribution is 0.0692. The van der Waals surface area contributed by atoms with Crippen molar-refractivity contribution in [3.63, 3.8) is 0 Å². The molecule has 2 rings (SSSR count). The van der Waals surface area contributed by atoms with E-state index in [2.05, 4.69) is 10.3 Å². The normalized spacial score (nSPS) is 9.85. The van der Waals surface area contributed by atoms with Gasteiger partial charge in [-0.05, 0) is 30.7 Å². The third kappa shape index (κ3) is 2.57. The molecule has 0 atom stereocenters. The smallest absolute Gasteiger partial charge is 0.338 e. The molecule has 6 heteroatoms. The Hall–Kier alpha value is -2.94. The van der Waals surface area contributed by atoms with Gasteiger partial charge in [0.25, 0.3) is 0 Å². The number of aryl methyl sites for hydroxylation is 1. The van der Waals surface area contributed by atoms with Crippen LogP contribution in [0.1, 0.15) is 21.5 Å². The van der Waals surface area contributed by atoms with E-state index < -0.39 is 17.3 Å². The number of halogens is 1. The summed E-state index contributed by atoms with van der Waals surface area (Å²) in [5.74, 6) is -2.50. The van der Waals surface area contributed by atoms with Crippen molar-refractivity contribution in [1.82, 2.24) is 4.98 Å². The molecule has 1 heterocycles. The Balaban J connectivity index is 2.43. The third-order valence-corrected chi connectivity index (χ3v) is 2.74. The van der Waals surface area contributed by atoms with E-state index in [0.29, 0.717) is 11.3 Å². The molecule has 2 aromatic rings. The number of carboxylic acid groups (broad SMARTS) is 1. The SMILES string of the molecule is Cc1ccc(C#N)cc1Nc1nccc(C(=O)O)c1F. The zero-order valence-electron chi connectivity index (χ0n) is 10.5. The van der Waals surface area contributed by atoms with Gasteiger partial charge in [-0.25, -0.2) is 14.2 Å². The number of nitriles is 1. The molecule has 0 aliphatic heterocycles. The molecule has 0 spiro atoms. The fourth-order valence-electron chi connectivity index (χ4n) is 1.65. The lowest BCUT2D eigenvalue weighted by atomic mass is 10.1. The molecule has 5 nitrogen and oxygen atoms in total. The number of nitrogens with zero attached hydrogens (tertiary/aromatic N) is 2. The van der Waals surface area contributed by atoms with Crippen LogP contribution in [0.25, 0.3) is 0 Å². The lowest BCUT2D eigenvalue weighted by Gasteiger charge is -2.10. The average Bonchev–Trinajstić information content (AvgIpc) is 2.43. The maximum atomic E-state index is 14.0. The summed E-state index contributed by atoms with van der Waals surface area (Å²) in [6, 6.07) is 7.95. The van der Waals surface area contributed by atoms with E-state index in [4.69, 9.17) is 10.4 Å². The predicted molar refractivity (Wildman–Crippen MR) is 70.3 cm³/mol. The molecule has 100 valence electrons. The second kappa shape index (κ2) is 5.36. The van der Waals surface area contributed by atoms with Gasteiger partial charge in [0, 0.05) is 11.9 Å². The zero-order chi connectivity index (χ0) is 14.7. The van der Waals surface area contributed by atoms with Crippen LogP contribution in [0.15, 0.2) is 30.5 Å². The van der Waals surface area contributed by atoms with Gasteiger partial charge in [0.05, 0.1) is 11.6 Å². The number of pyridine rings is 1. The molecule has 1 aromatic carbocycles. The van der Waals surface area contributed by atoms with Gasteiger partial charge in [-0.2, -0.15) is 5.26 Å². The Labute approximate surface area is 114 Å². The molecular weight excluding hydrogens is 261 g/mol. The number of hydrogen-bond acceptors (Lipinski definition) is 4. The van der Waals surface area contributed by atoms with Crippen molar-refractivity contribution >= 4 is 17.5 Å². The average molecular weight is 271 g/mol. The van der Waals surface area contributed by atoms with Crippen LogP contribution in [-0.4, -0.2) is 16.1 Å². The summed E-state index contributed by atoms with van der Waals surface area (Å²) in [5.41, 5.74) is 1.23. The molecule has 0 fully saturated rings. The minimum Gasteiger partial charge on any atom is -0.478 e. The first-order valence-corrected chi connectivity index (χ1v) is 5.68. The van der Waals surface area contributed by atoms with E-state index in [1.807, 2.05) is 6.07 Å².